The fraction of sp³-hybridized carbons (Fsp3) is 0.0417. The van der Waals surface area contributed by atoms with Gasteiger partial charge in [-0.25, -0.2) is 4.90 Å². The lowest BCUT2D eigenvalue weighted by molar-refractivity contribution is -0.118. The summed E-state index contributed by atoms with van der Waals surface area (Å²) in [4.78, 5) is 38.4. The molecule has 0 aromatic heterocycles. The van der Waals surface area contributed by atoms with Crippen LogP contribution < -0.4 is 15.0 Å². The van der Waals surface area contributed by atoms with Gasteiger partial charge in [0.2, 0.25) is 0 Å². The zero-order valence-electron chi connectivity index (χ0n) is 16.4. The summed E-state index contributed by atoms with van der Waals surface area (Å²) in [5, 5.41) is 2.42. The number of hydrogen-bond donors (Lipinski definition) is 1. The molecule has 0 aliphatic carbocycles. The van der Waals surface area contributed by atoms with E-state index in [-0.39, 0.29) is 23.7 Å². The van der Waals surface area contributed by atoms with E-state index in [1.54, 1.807) is 66.7 Å². The Kier molecular flexibility index (Phi) is 6.14. The van der Waals surface area contributed by atoms with Gasteiger partial charge in [-0.3, -0.25) is 14.4 Å². The van der Waals surface area contributed by atoms with Crippen LogP contribution in [0, 0.1) is 0 Å². The lowest BCUT2D eigenvalue weighted by atomic mass is 10.2. The summed E-state index contributed by atoms with van der Waals surface area (Å²) >= 11 is 0.905. The number of carbonyl (C=O) groups is 3. The van der Waals surface area contributed by atoms with Crippen molar-refractivity contribution in [2.75, 3.05) is 16.8 Å². The molecule has 6 nitrogen and oxygen atoms in total. The lowest BCUT2D eigenvalue weighted by Gasteiger charge is -2.11. The number of para-hydroxylation sites is 2. The number of nitrogens with one attached hydrogen (secondary N) is 1. The monoisotopic (exact) mass is 430 g/mol. The average Bonchev–Trinajstić information content (AvgIpc) is 3.07. The molecule has 0 bridgehead atoms. The topological polar surface area (TPSA) is 75.7 Å². The molecule has 0 saturated carbocycles. The van der Waals surface area contributed by atoms with E-state index < -0.39 is 0 Å². The standard InChI is InChI=1S/C24H18N2O4S/c27-22(25-18-7-3-1-4-8-18)16-30-20-13-11-17(12-14-20)15-21-23(28)26(24(29)31-21)19-9-5-2-6-10-19/h1-15H,16H2,(H,25,27)/b21-15+. The Morgan fingerprint density at radius 2 is 1.55 bits per heavy atom. The van der Waals surface area contributed by atoms with Gasteiger partial charge in [0.05, 0.1) is 10.6 Å². The first-order chi connectivity index (χ1) is 15.1. The predicted octanol–water partition coefficient (Wildman–Crippen LogP) is 4.95. The van der Waals surface area contributed by atoms with Gasteiger partial charge < -0.3 is 10.1 Å². The van der Waals surface area contributed by atoms with Gasteiger partial charge in [0.25, 0.3) is 17.1 Å². The molecule has 0 spiro atoms. The van der Waals surface area contributed by atoms with Gasteiger partial charge in [-0.1, -0.05) is 48.5 Å². The molecular formula is C24H18N2O4S. The molecule has 7 heteroatoms. The Bertz CT molecular complexity index is 1130. The summed E-state index contributed by atoms with van der Waals surface area (Å²) in [6.07, 6.45) is 1.67. The maximum absolute atomic E-state index is 12.7. The third-order valence-electron chi connectivity index (χ3n) is 4.41. The van der Waals surface area contributed by atoms with Crippen molar-refractivity contribution in [3.63, 3.8) is 0 Å². The van der Waals surface area contributed by atoms with Gasteiger partial charge in [0.15, 0.2) is 6.61 Å². The minimum atomic E-state index is -0.348. The zero-order valence-corrected chi connectivity index (χ0v) is 17.2. The molecule has 3 aromatic carbocycles. The lowest BCUT2D eigenvalue weighted by Crippen LogP contribution is -2.27. The van der Waals surface area contributed by atoms with Gasteiger partial charge in [0.1, 0.15) is 5.75 Å². The summed E-state index contributed by atoms with van der Waals surface area (Å²) < 4.78 is 5.51. The molecule has 3 aromatic rings. The van der Waals surface area contributed by atoms with Gasteiger partial charge in [0, 0.05) is 5.69 Å². The van der Waals surface area contributed by atoms with E-state index in [0.717, 1.165) is 17.3 Å². The second-order valence-electron chi connectivity index (χ2n) is 6.62. The number of ether oxygens (including phenoxy) is 1. The van der Waals surface area contributed by atoms with Crippen LogP contribution in [0.4, 0.5) is 16.2 Å². The van der Waals surface area contributed by atoms with Crippen molar-refractivity contribution in [2.45, 2.75) is 0 Å². The number of rotatable bonds is 6. The van der Waals surface area contributed by atoms with Crippen LogP contribution in [0.15, 0.2) is 89.8 Å². The third kappa shape index (κ3) is 5.02. The summed E-state index contributed by atoms with van der Waals surface area (Å²) in [6, 6.07) is 24.9. The predicted molar refractivity (Wildman–Crippen MR) is 122 cm³/mol. The molecule has 1 aliphatic heterocycles. The molecule has 1 aliphatic rings. The smallest absolute Gasteiger partial charge is 0.298 e. The largest absolute Gasteiger partial charge is 0.484 e. The number of amides is 3. The molecule has 4 rings (SSSR count). The molecule has 31 heavy (non-hydrogen) atoms. The van der Waals surface area contributed by atoms with Crippen LogP contribution >= 0.6 is 11.8 Å². The average molecular weight is 430 g/mol. The molecule has 0 radical (unpaired) electrons. The quantitative estimate of drug-likeness (QED) is 0.561. The van der Waals surface area contributed by atoms with Crippen molar-refractivity contribution in [3.05, 3.63) is 95.4 Å². The fourth-order valence-corrected chi connectivity index (χ4v) is 3.79. The number of benzene rings is 3. The van der Waals surface area contributed by atoms with E-state index in [1.165, 1.54) is 4.90 Å². The summed E-state index contributed by atoms with van der Waals surface area (Å²) in [7, 11) is 0. The van der Waals surface area contributed by atoms with Crippen molar-refractivity contribution < 1.29 is 19.1 Å². The summed E-state index contributed by atoms with van der Waals surface area (Å²) in [5.41, 5.74) is 2.00. The van der Waals surface area contributed by atoms with E-state index in [4.69, 9.17) is 4.74 Å². The van der Waals surface area contributed by atoms with Gasteiger partial charge in [-0.2, -0.15) is 0 Å². The number of hydrogen-bond acceptors (Lipinski definition) is 5. The summed E-state index contributed by atoms with van der Waals surface area (Å²) in [5.74, 6) is -0.0817. The van der Waals surface area contributed by atoms with Crippen LogP contribution in [-0.2, 0) is 9.59 Å². The van der Waals surface area contributed by atoms with E-state index in [0.29, 0.717) is 22.0 Å². The van der Waals surface area contributed by atoms with Crippen molar-refractivity contribution in [1.29, 1.82) is 0 Å². The highest BCUT2D eigenvalue weighted by Crippen LogP contribution is 2.35. The van der Waals surface area contributed by atoms with E-state index in [9.17, 15) is 14.4 Å². The Morgan fingerprint density at radius 3 is 2.23 bits per heavy atom. The number of nitrogens with zero attached hydrogens (tertiary/aromatic N) is 1. The molecule has 1 N–H and O–H groups in total. The Hall–Kier alpha value is -3.84. The Labute approximate surface area is 183 Å². The van der Waals surface area contributed by atoms with E-state index in [2.05, 4.69) is 5.32 Å². The number of carbonyl (C=O) groups excluding carboxylic acids is 3. The second-order valence-corrected chi connectivity index (χ2v) is 7.62. The van der Waals surface area contributed by atoms with Crippen LogP contribution in [0.2, 0.25) is 0 Å². The molecule has 154 valence electrons. The van der Waals surface area contributed by atoms with E-state index >= 15 is 0 Å². The van der Waals surface area contributed by atoms with Crippen molar-refractivity contribution in [2.24, 2.45) is 0 Å². The molecule has 0 atom stereocenters. The molecular weight excluding hydrogens is 412 g/mol. The van der Waals surface area contributed by atoms with E-state index in [1.807, 2.05) is 24.3 Å². The number of anilines is 2. The first-order valence-corrected chi connectivity index (χ1v) is 10.3. The highest BCUT2D eigenvalue weighted by Gasteiger charge is 2.36. The van der Waals surface area contributed by atoms with Gasteiger partial charge in [-0.15, -0.1) is 0 Å². The molecule has 1 heterocycles. The second kappa shape index (κ2) is 9.32. The normalized spacial score (nSPS) is 14.7. The van der Waals surface area contributed by atoms with Crippen LogP contribution in [0.5, 0.6) is 5.75 Å². The maximum Gasteiger partial charge on any atom is 0.298 e. The molecule has 0 unspecified atom stereocenters. The first-order valence-electron chi connectivity index (χ1n) is 9.51. The van der Waals surface area contributed by atoms with Crippen molar-refractivity contribution in [1.82, 2.24) is 0 Å². The van der Waals surface area contributed by atoms with Crippen molar-refractivity contribution in [3.8, 4) is 5.75 Å². The van der Waals surface area contributed by atoms with Gasteiger partial charge >= 0.3 is 0 Å². The number of thioether (sulfide) groups is 1. The fourth-order valence-electron chi connectivity index (χ4n) is 2.95. The SMILES string of the molecule is O=C(COc1ccc(/C=C2/SC(=O)N(c3ccccc3)C2=O)cc1)Nc1ccccc1. The Balaban J connectivity index is 1.37. The summed E-state index contributed by atoms with van der Waals surface area (Å²) in [6.45, 7) is -0.121. The van der Waals surface area contributed by atoms with Gasteiger partial charge in [-0.05, 0) is 59.8 Å². The van der Waals surface area contributed by atoms with Crippen LogP contribution in [-0.4, -0.2) is 23.7 Å². The molecule has 3 amide bonds. The number of imide groups is 1. The minimum absolute atomic E-state index is 0.121. The maximum atomic E-state index is 12.7. The minimum Gasteiger partial charge on any atom is -0.484 e. The highest BCUT2D eigenvalue weighted by molar-refractivity contribution is 8.19. The van der Waals surface area contributed by atoms with Crippen molar-refractivity contribution >= 4 is 46.3 Å². The Morgan fingerprint density at radius 1 is 0.903 bits per heavy atom. The van der Waals surface area contributed by atoms with Crippen LogP contribution in [0.3, 0.4) is 0 Å². The van der Waals surface area contributed by atoms with Crippen LogP contribution in [0.1, 0.15) is 5.56 Å². The zero-order chi connectivity index (χ0) is 21.6. The highest BCUT2D eigenvalue weighted by atomic mass is 32.2. The first kappa shape index (κ1) is 20.4. The van der Waals surface area contributed by atoms with Crippen LogP contribution in [0.25, 0.3) is 6.08 Å². The molecule has 1 saturated heterocycles. The molecule has 1 fully saturated rings. The third-order valence-corrected chi connectivity index (χ3v) is 5.28.